The number of carbonyl (C=O) groups excluding carboxylic acids is 2. The third-order valence-corrected chi connectivity index (χ3v) is 6.56. The molecule has 3 aromatic rings. The lowest BCUT2D eigenvalue weighted by Crippen LogP contribution is -2.17. The molecule has 0 bridgehead atoms. The minimum atomic E-state index is -3.77. The highest BCUT2D eigenvalue weighted by Crippen LogP contribution is 2.25. The van der Waals surface area contributed by atoms with E-state index in [0.29, 0.717) is 17.1 Å². The second-order valence-electron chi connectivity index (χ2n) is 7.01. The molecule has 0 atom stereocenters. The molecule has 1 aromatic heterocycles. The molecule has 0 aliphatic rings. The van der Waals surface area contributed by atoms with Gasteiger partial charge in [0.15, 0.2) is 5.82 Å². The van der Waals surface area contributed by atoms with Crippen molar-refractivity contribution in [2.45, 2.75) is 37.5 Å². The quantitative estimate of drug-likeness (QED) is 0.412. The molecule has 1 heterocycles. The summed E-state index contributed by atoms with van der Waals surface area (Å²) in [7, 11) is -3.77. The van der Waals surface area contributed by atoms with Crippen molar-refractivity contribution in [1.82, 2.24) is 9.36 Å². The zero-order valence-electron chi connectivity index (χ0n) is 17.4. The molecule has 3 rings (SSSR count). The number of nitrogens with two attached hydrogens (primary N) is 1. The van der Waals surface area contributed by atoms with E-state index in [4.69, 9.17) is 5.73 Å². The SMILES string of the molecule is CCCc1ccc(S(=O)(=O)Nc2nc(-c3ccc(NC(=O)CCC(N)=O)cc3)ns2)cc1. The molecule has 0 saturated carbocycles. The number of primary amides is 1. The van der Waals surface area contributed by atoms with Gasteiger partial charge in [0.05, 0.1) is 4.90 Å². The van der Waals surface area contributed by atoms with Gasteiger partial charge < -0.3 is 11.1 Å². The van der Waals surface area contributed by atoms with Gasteiger partial charge in [-0.15, -0.1) is 0 Å². The van der Waals surface area contributed by atoms with Gasteiger partial charge in [0.1, 0.15) is 0 Å². The minimum absolute atomic E-state index is 0.00948. The van der Waals surface area contributed by atoms with Crippen LogP contribution in [0.3, 0.4) is 0 Å². The average molecular weight is 474 g/mol. The van der Waals surface area contributed by atoms with Crippen LogP contribution in [-0.2, 0) is 26.0 Å². The lowest BCUT2D eigenvalue weighted by atomic mass is 10.1. The van der Waals surface area contributed by atoms with Crippen LogP contribution in [0.4, 0.5) is 10.8 Å². The molecule has 9 nitrogen and oxygen atoms in total. The maximum absolute atomic E-state index is 12.6. The number of hydrogen-bond donors (Lipinski definition) is 3. The van der Waals surface area contributed by atoms with Crippen molar-refractivity contribution in [3.63, 3.8) is 0 Å². The number of nitrogens with zero attached hydrogens (tertiary/aromatic N) is 2. The Balaban J connectivity index is 1.65. The van der Waals surface area contributed by atoms with E-state index in [0.717, 1.165) is 29.9 Å². The predicted molar refractivity (Wildman–Crippen MR) is 124 cm³/mol. The summed E-state index contributed by atoms with van der Waals surface area (Å²) < 4.78 is 31.9. The highest BCUT2D eigenvalue weighted by molar-refractivity contribution is 7.93. The number of carbonyl (C=O) groups is 2. The molecule has 168 valence electrons. The molecule has 2 aromatic carbocycles. The fourth-order valence-electron chi connectivity index (χ4n) is 2.84. The molecule has 32 heavy (non-hydrogen) atoms. The van der Waals surface area contributed by atoms with Gasteiger partial charge in [-0.1, -0.05) is 25.5 Å². The van der Waals surface area contributed by atoms with E-state index in [1.165, 1.54) is 0 Å². The first-order chi connectivity index (χ1) is 15.3. The Hall–Kier alpha value is -3.31. The first kappa shape index (κ1) is 23.4. The van der Waals surface area contributed by atoms with E-state index in [1.807, 2.05) is 0 Å². The second kappa shape index (κ2) is 10.3. The number of benzene rings is 2. The minimum Gasteiger partial charge on any atom is -0.370 e. The van der Waals surface area contributed by atoms with Gasteiger partial charge in [-0.3, -0.25) is 14.3 Å². The molecule has 0 aliphatic carbocycles. The van der Waals surface area contributed by atoms with Gasteiger partial charge >= 0.3 is 0 Å². The first-order valence-corrected chi connectivity index (χ1v) is 12.2. The molecule has 2 amide bonds. The summed E-state index contributed by atoms with van der Waals surface area (Å²) in [5.74, 6) is -0.495. The van der Waals surface area contributed by atoms with Gasteiger partial charge in [-0.2, -0.15) is 9.36 Å². The van der Waals surface area contributed by atoms with E-state index in [1.54, 1.807) is 48.5 Å². The van der Waals surface area contributed by atoms with E-state index >= 15 is 0 Å². The predicted octanol–water partition coefficient (Wildman–Crippen LogP) is 3.16. The Labute approximate surface area is 190 Å². The van der Waals surface area contributed by atoms with Crippen molar-refractivity contribution in [2.75, 3.05) is 10.0 Å². The molecular formula is C21H23N5O4S2. The molecule has 0 aliphatic heterocycles. The Morgan fingerprint density at radius 3 is 2.34 bits per heavy atom. The van der Waals surface area contributed by atoms with Crippen molar-refractivity contribution < 1.29 is 18.0 Å². The third-order valence-electron chi connectivity index (χ3n) is 4.45. The molecule has 4 N–H and O–H groups in total. The summed E-state index contributed by atoms with van der Waals surface area (Å²) in [6.45, 7) is 2.06. The van der Waals surface area contributed by atoms with Gasteiger partial charge in [0, 0.05) is 35.6 Å². The first-order valence-electron chi connectivity index (χ1n) is 9.91. The number of aromatic nitrogens is 2. The maximum Gasteiger partial charge on any atom is 0.263 e. The van der Waals surface area contributed by atoms with Crippen LogP contribution in [-0.4, -0.2) is 29.6 Å². The lowest BCUT2D eigenvalue weighted by Gasteiger charge is -2.06. The van der Waals surface area contributed by atoms with Gasteiger partial charge in [-0.05, 0) is 48.4 Å². The van der Waals surface area contributed by atoms with E-state index in [9.17, 15) is 18.0 Å². The fraction of sp³-hybridized carbons (Fsp3) is 0.238. The van der Waals surface area contributed by atoms with Crippen molar-refractivity contribution in [3.05, 3.63) is 54.1 Å². The topological polar surface area (TPSA) is 144 Å². The van der Waals surface area contributed by atoms with E-state index in [-0.39, 0.29) is 28.8 Å². The highest BCUT2D eigenvalue weighted by Gasteiger charge is 2.17. The summed E-state index contributed by atoms with van der Waals surface area (Å²) >= 11 is 0.936. The largest absolute Gasteiger partial charge is 0.370 e. The number of hydrogen-bond acceptors (Lipinski definition) is 7. The lowest BCUT2D eigenvalue weighted by molar-refractivity contribution is -0.122. The Morgan fingerprint density at radius 2 is 1.72 bits per heavy atom. The number of rotatable bonds is 10. The summed E-state index contributed by atoms with van der Waals surface area (Å²) in [6, 6.07) is 13.5. The normalized spacial score (nSPS) is 11.2. The van der Waals surface area contributed by atoms with Crippen LogP contribution in [0.1, 0.15) is 31.7 Å². The van der Waals surface area contributed by atoms with Crippen molar-refractivity contribution in [1.29, 1.82) is 0 Å². The van der Waals surface area contributed by atoms with E-state index < -0.39 is 15.9 Å². The number of amides is 2. The standard InChI is InChI=1S/C21H23N5O4S2/c1-2-3-14-4-10-17(11-5-14)32(29,30)26-21-24-20(25-31-21)15-6-8-16(9-7-15)23-19(28)13-12-18(22)27/h4-11H,2-3,12-13H2,1H3,(H2,22,27)(H,23,28)(H,24,25,26). The van der Waals surface area contributed by atoms with Crippen LogP contribution in [0.25, 0.3) is 11.4 Å². The summed E-state index contributed by atoms with van der Waals surface area (Å²) in [6.07, 6.45) is 1.87. The molecule has 0 fully saturated rings. The smallest absolute Gasteiger partial charge is 0.263 e. The average Bonchev–Trinajstić information content (AvgIpc) is 3.21. The van der Waals surface area contributed by atoms with E-state index in [2.05, 4.69) is 26.3 Å². The van der Waals surface area contributed by atoms with Crippen LogP contribution in [0, 0.1) is 0 Å². The van der Waals surface area contributed by atoms with Crippen LogP contribution >= 0.6 is 11.5 Å². The van der Waals surface area contributed by atoms with Crippen LogP contribution in [0.2, 0.25) is 0 Å². The van der Waals surface area contributed by atoms with Gasteiger partial charge in [-0.25, -0.2) is 8.42 Å². The molecule has 11 heteroatoms. The Morgan fingerprint density at radius 1 is 1.03 bits per heavy atom. The zero-order valence-corrected chi connectivity index (χ0v) is 19.0. The van der Waals surface area contributed by atoms with Crippen molar-refractivity contribution in [2.24, 2.45) is 5.73 Å². The highest BCUT2D eigenvalue weighted by atomic mass is 32.2. The van der Waals surface area contributed by atoms with Crippen molar-refractivity contribution >= 4 is 44.2 Å². The molecule has 0 unspecified atom stereocenters. The molecular weight excluding hydrogens is 450 g/mol. The maximum atomic E-state index is 12.6. The number of aryl methyl sites for hydroxylation is 1. The fourth-order valence-corrected chi connectivity index (χ4v) is 4.66. The second-order valence-corrected chi connectivity index (χ2v) is 9.45. The van der Waals surface area contributed by atoms with Crippen molar-refractivity contribution in [3.8, 4) is 11.4 Å². The van der Waals surface area contributed by atoms with Crippen LogP contribution in [0.5, 0.6) is 0 Å². The molecule has 0 spiro atoms. The molecule has 0 radical (unpaired) electrons. The summed E-state index contributed by atoms with van der Waals surface area (Å²) in [5.41, 5.74) is 7.32. The Bertz CT molecular complexity index is 1190. The number of nitrogens with one attached hydrogen (secondary N) is 2. The summed E-state index contributed by atoms with van der Waals surface area (Å²) in [4.78, 5) is 26.9. The molecule has 0 saturated heterocycles. The third kappa shape index (κ3) is 6.34. The van der Waals surface area contributed by atoms with Crippen LogP contribution < -0.4 is 15.8 Å². The summed E-state index contributed by atoms with van der Waals surface area (Å²) in [5, 5.41) is 2.82. The van der Waals surface area contributed by atoms with Gasteiger partial charge in [0.25, 0.3) is 10.0 Å². The van der Waals surface area contributed by atoms with Crippen LogP contribution in [0.15, 0.2) is 53.4 Å². The number of anilines is 2. The zero-order chi connectivity index (χ0) is 23.1. The number of sulfonamides is 1. The Kier molecular flexibility index (Phi) is 7.54. The van der Waals surface area contributed by atoms with Gasteiger partial charge in [0.2, 0.25) is 16.9 Å². The monoisotopic (exact) mass is 473 g/mol.